The Bertz CT molecular complexity index is 96.9. The van der Waals surface area contributed by atoms with Crippen molar-refractivity contribution in [1.29, 1.82) is 0 Å². The number of hydrogen-bond donors (Lipinski definition) is 2. The van der Waals surface area contributed by atoms with Crippen LogP contribution >= 0.6 is 0 Å². The minimum absolute atomic E-state index is 0.148. The zero-order valence-electron chi connectivity index (χ0n) is 8.67. The van der Waals surface area contributed by atoms with Crippen molar-refractivity contribution in [3.63, 3.8) is 0 Å². The quantitative estimate of drug-likeness (QED) is 0.537. The van der Waals surface area contributed by atoms with Crippen molar-refractivity contribution in [2.75, 3.05) is 19.8 Å². The van der Waals surface area contributed by atoms with Crippen molar-refractivity contribution in [2.45, 2.75) is 45.1 Å². The highest BCUT2D eigenvalue weighted by molar-refractivity contribution is 4.49. The smallest absolute Gasteiger partial charge is 0.0614 e. The average Bonchev–Trinajstić information content (AvgIpc) is 2.09. The molecular weight excluding hydrogens is 166 g/mol. The lowest BCUT2D eigenvalue weighted by molar-refractivity contribution is 0.120. The van der Waals surface area contributed by atoms with Crippen molar-refractivity contribution in [3.05, 3.63) is 0 Å². The van der Waals surface area contributed by atoms with E-state index in [1.165, 1.54) is 12.8 Å². The maximum Gasteiger partial charge on any atom is 0.0614 e. The summed E-state index contributed by atoms with van der Waals surface area (Å²) in [4.78, 5) is 0. The molecule has 3 N–H and O–H groups in total. The first-order valence-corrected chi connectivity index (χ1v) is 5.21. The molecule has 0 bridgehead atoms. The van der Waals surface area contributed by atoms with Crippen molar-refractivity contribution >= 4 is 0 Å². The normalized spacial score (nSPS) is 13.2. The highest BCUT2D eigenvalue weighted by Crippen LogP contribution is 2.02. The Morgan fingerprint density at radius 1 is 1.15 bits per heavy atom. The molecule has 0 aliphatic heterocycles. The van der Waals surface area contributed by atoms with Crippen LogP contribution < -0.4 is 5.73 Å². The van der Waals surface area contributed by atoms with Crippen molar-refractivity contribution in [2.24, 2.45) is 5.73 Å². The molecule has 3 nitrogen and oxygen atoms in total. The number of ether oxygens (including phenoxy) is 1. The molecule has 0 aromatic carbocycles. The van der Waals surface area contributed by atoms with E-state index in [0.717, 1.165) is 25.9 Å². The van der Waals surface area contributed by atoms with Crippen molar-refractivity contribution in [1.82, 2.24) is 0 Å². The van der Waals surface area contributed by atoms with Gasteiger partial charge in [0.1, 0.15) is 0 Å². The van der Waals surface area contributed by atoms with E-state index in [1.807, 2.05) is 6.92 Å². The fraction of sp³-hybridized carbons (Fsp3) is 1.00. The summed E-state index contributed by atoms with van der Waals surface area (Å²) in [6.07, 6.45) is 5.56. The lowest BCUT2D eigenvalue weighted by atomic mass is 10.1. The maximum absolute atomic E-state index is 8.53. The van der Waals surface area contributed by atoms with Gasteiger partial charge in [0.15, 0.2) is 0 Å². The molecule has 0 amide bonds. The summed E-state index contributed by atoms with van der Waals surface area (Å²) < 4.78 is 5.33. The summed E-state index contributed by atoms with van der Waals surface area (Å²) in [5, 5.41) is 8.53. The summed E-state index contributed by atoms with van der Waals surface area (Å²) in [6.45, 7) is 3.75. The van der Waals surface area contributed by atoms with Crippen LogP contribution in [0, 0.1) is 0 Å². The molecule has 3 heteroatoms. The number of hydrogen-bond acceptors (Lipinski definition) is 3. The topological polar surface area (TPSA) is 55.5 Å². The number of aliphatic hydroxyl groups excluding tert-OH is 1. The molecule has 0 aromatic rings. The molecule has 80 valence electrons. The van der Waals surface area contributed by atoms with Crippen molar-refractivity contribution in [3.8, 4) is 0 Å². The van der Waals surface area contributed by atoms with E-state index in [-0.39, 0.29) is 6.04 Å². The largest absolute Gasteiger partial charge is 0.396 e. The third-order valence-electron chi connectivity index (χ3n) is 1.83. The molecule has 0 spiro atoms. The van der Waals surface area contributed by atoms with Gasteiger partial charge in [0.2, 0.25) is 0 Å². The third-order valence-corrected chi connectivity index (χ3v) is 1.83. The van der Waals surface area contributed by atoms with E-state index in [2.05, 4.69) is 0 Å². The van der Waals surface area contributed by atoms with Crippen LogP contribution in [-0.2, 0) is 4.74 Å². The summed E-state index contributed by atoms with van der Waals surface area (Å²) in [7, 11) is 0. The highest BCUT2D eigenvalue weighted by atomic mass is 16.5. The van der Waals surface area contributed by atoms with Gasteiger partial charge >= 0.3 is 0 Å². The van der Waals surface area contributed by atoms with Crippen LogP contribution in [0.25, 0.3) is 0 Å². The SMILES string of the molecule is CC(N)COCCCCCCCO. The van der Waals surface area contributed by atoms with E-state index in [9.17, 15) is 0 Å². The zero-order chi connectivity index (χ0) is 9.94. The van der Waals surface area contributed by atoms with Crippen LogP contribution in [0.2, 0.25) is 0 Å². The third kappa shape index (κ3) is 11.9. The lowest BCUT2D eigenvalue weighted by Gasteiger charge is -2.06. The molecule has 0 aromatic heterocycles. The molecule has 0 fully saturated rings. The first-order valence-electron chi connectivity index (χ1n) is 5.21. The highest BCUT2D eigenvalue weighted by Gasteiger charge is 1.94. The van der Waals surface area contributed by atoms with Crippen LogP contribution in [0.1, 0.15) is 39.0 Å². The van der Waals surface area contributed by atoms with Crippen LogP contribution in [0.3, 0.4) is 0 Å². The Balaban J connectivity index is 2.84. The van der Waals surface area contributed by atoms with Gasteiger partial charge in [-0.05, 0) is 19.8 Å². The van der Waals surface area contributed by atoms with Gasteiger partial charge in [-0.15, -0.1) is 0 Å². The van der Waals surface area contributed by atoms with E-state index >= 15 is 0 Å². The molecule has 0 saturated carbocycles. The minimum atomic E-state index is 0.148. The van der Waals surface area contributed by atoms with Gasteiger partial charge in [-0.3, -0.25) is 0 Å². The predicted octanol–water partition coefficient (Wildman–Crippen LogP) is 1.29. The average molecular weight is 189 g/mol. The van der Waals surface area contributed by atoms with Crippen LogP contribution in [0.5, 0.6) is 0 Å². The van der Waals surface area contributed by atoms with Gasteiger partial charge in [-0.25, -0.2) is 0 Å². The Kier molecular flexibility index (Phi) is 9.87. The standard InChI is InChI=1S/C10H23NO2/c1-10(11)9-13-8-6-4-2-3-5-7-12/h10,12H,2-9,11H2,1H3. The fourth-order valence-electron chi connectivity index (χ4n) is 1.12. The Labute approximate surface area is 81.3 Å². The van der Waals surface area contributed by atoms with Crippen LogP contribution in [-0.4, -0.2) is 31.0 Å². The molecule has 0 aliphatic rings. The first kappa shape index (κ1) is 12.9. The van der Waals surface area contributed by atoms with Crippen LogP contribution in [0.4, 0.5) is 0 Å². The van der Waals surface area contributed by atoms with Gasteiger partial charge in [-0.2, -0.15) is 0 Å². The molecule has 1 unspecified atom stereocenters. The van der Waals surface area contributed by atoms with Crippen molar-refractivity contribution < 1.29 is 9.84 Å². The minimum Gasteiger partial charge on any atom is -0.396 e. The summed E-state index contributed by atoms with van der Waals surface area (Å²) in [5.74, 6) is 0. The number of aliphatic hydroxyl groups is 1. The van der Waals surface area contributed by atoms with E-state index < -0.39 is 0 Å². The molecule has 0 heterocycles. The summed E-state index contributed by atoms with van der Waals surface area (Å²) >= 11 is 0. The van der Waals surface area contributed by atoms with Gasteiger partial charge < -0.3 is 15.6 Å². The van der Waals surface area contributed by atoms with Gasteiger partial charge in [0.25, 0.3) is 0 Å². The molecular formula is C10H23NO2. The first-order chi connectivity index (χ1) is 6.27. The fourth-order valence-corrected chi connectivity index (χ4v) is 1.12. The number of unbranched alkanes of at least 4 members (excludes halogenated alkanes) is 4. The van der Waals surface area contributed by atoms with Crippen LogP contribution in [0.15, 0.2) is 0 Å². The van der Waals surface area contributed by atoms with E-state index in [1.54, 1.807) is 0 Å². The Morgan fingerprint density at radius 2 is 1.77 bits per heavy atom. The van der Waals surface area contributed by atoms with Gasteiger partial charge in [-0.1, -0.05) is 19.3 Å². The second-order valence-corrected chi connectivity index (χ2v) is 3.54. The maximum atomic E-state index is 8.53. The molecule has 0 radical (unpaired) electrons. The molecule has 0 aliphatic carbocycles. The Hall–Kier alpha value is -0.120. The van der Waals surface area contributed by atoms with Gasteiger partial charge in [0, 0.05) is 19.3 Å². The zero-order valence-corrected chi connectivity index (χ0v) is 8.67. The monoisotopic (exact) mass is 189 g/mol. The number of rotatable bonds is 9. The predicted molar refractivity (Wildman–Crippen MR) is 54.6 cm³/mol. The summed E-state index contributed by atoms with van der Waals surface area (Å²) in [5.41, 5.74) is 5.52. The number of nitrogens with two attached hydrogens (primary N) is 1. The second-order valence-electron chi connectivity index (χ2n) is 3.54. The molecule has 13 heavy (non-hydrogen) atoms. The lowest BCUT2D eigenvalue weighted by Crippen LogP contribution is -2.22. The van der Waals surface area contributed by atoms with E-state index in [0.29, 0.717) is 13.2 Å². The molecule has 0 saturated heterocycles. The second kappa shape index (κ2) is 9.96. The van der Waals surface area contributed by atoms with Gasteiger partial charge in [0.05, 0.1) is 6.61 Å². The summed E-state index contributed by atoms with van der Waals surface area (Å²) in [6, 6.07) is 0.148. The molecule has 1 atom stereocenters. The molecule has 0 rings (SSSR count). The van der Waals surface area contributed by atoms with E-state index in [4.69, 9.17) is 15.6 Å². The Morgan fingerprint density at radius 3 is 2.38 bits per heavy atom.